The van der Waals surface area contributed by atoms with E-state index in [4.69, 9.17) is 9.47 Å². The monoisotopic (exact) mass is 405 g/mol. The summed E-state index contributed by atoms with van der Waals surface area (Å²) >= 11 is 0. The predicted molar refractivity (Wildman–Crippen MR) is 120 cm³/mol. The predicted octanol–water partition coefficient (Wildman–Crippen LogP) is 5.67. The molecule has 0 aliphatic carbocycles. The number of nitrogens with zero attached hydrogens (tertiary/aromatic N) is 1. The summed E-state index contributed by atoms with van der Waals surface area (Å²) in [6, 6.07) is 16.6. The first-order valence-electron chi connectivity index (χ1n) is 11.2. The van der Waals surface area contributed by atoms with Crippen LogP contribution in [0.15, 0.2) is 54.6 Å². The maximum absolute atomic E-state index is 11.6. The molecule has 0 atom stereocenters. The van der Waals surface area contributed by atoms with Crippen LogP contribution in [0.5, 0.6) is 11.5 Å². The van der Waals surface area contributed by atoms with Crippen molar-refractivity contribution in [3.8, 4) is 11.5 Å². The van der Waals surface area contributed by atoms with Gasteiger partial charge in [0.05, 0.1) is 6.61 Å². The van der Waals surface area contributed by atoms with E-state index in [1.807, 2.05) is 31.2 Å². The Bertz CT molecular complexity index is 849. The van der Waals surface area contributed by atoms with Crippen LogP contribution in [0.25, 0.3) is 5.57 Å². The minimum Gasteiger partial charge on any atom is -0.466 e. The molecule has 0 aromatic heterocycles. The molecule has 4 rings (SSSR count). The van der Waals surface area contributed by atoms with E-state index >= 15 is 0 Å². The van der Waals surface area contributed by atoms with Crippen molar-refractivity contribution in [2.24, 2.45) is 5.92 Å². The first-order valence-corrected chi connectivity index (χ1v) is 11.2. The van der Waals surface area contributed by atoms with E-state index in [0.29, 0.717) is 18.9 Å². The maximum atomic E-state index is 11.6. The number of piperidine rings is 1. The van der Waals surface area contributed by atoms with Gasteiger partial charge in [0.2, 0.25) is 0 Å². The van der Waals surface area contributed by atoms with Gasteiger partial charge in [-0.05, 0) is 69.3 Å². The van der Waals surface area contributed by atoms with E-state index in [2.05, 4.69) is 35.2 Å². The van der Waals surface area contributed by atoms with Crippen LogP contribution in [0.3, 0.4) is 0 Å². The Morgan fingerprint density at radius 2 is 1.70 bits per heavy atom. The van der Waals surface area contributed by atoms with Crippen molar-refractivity contribution in [3.63, 3.8) is 0 Å². The second-order valence-electron chi connectivity index (χ2n) is 8.13. The van der Waals surface area contributed by atoms with Crippen molar-refractivity contribution in [2.75, 3.05) is 26.2 Å². The number of carbonyl (C=O) groups excluding carboxylic acids is 1. The van der Waals surface area contributed by atoms with Crippen molar-refractivity contribution >= 4 is 11.5 Å². The van der Waals surface area contributed by atoms with Crippen LogP contribution in [0.2, 0.25) is 0 Å². The third-order valence-electron chi connectivity index (χ3n) is 6.14. The average molecular weight is 406 g/mol. The highest BCUT2D eigenvalue weighted by molar-refractivity contribution is 5.87. The van der Waals surface area contributed by atoms with Crippen molar-refractivity contribution in [1.29, 1.82) is 0 Å². The maximum Gasteiger partial charge on any atom is 0.305 e. The van der Waals surface area contributed by atoms with Crippen LogP contribution < -0.4 is 4.74 Å². The Balaban J connectivity index is 1.32. The Labute approximate surface area is 179 Å². The van der Waals surface area contributed by atoms with E-state index in [-0.39, 0.29) is 5.97 Å². The summed E-state index contributed by atoms with van der Waals surface area (Å²) in [6.45, 7) is 5.65. The largest absolute Gasteiger partial charge is 0.466 e. The average Bonchev–Trinajstić information content (AvgIpc) is 2.78. The highest BCUT2D eigenvalue weighted by atomic mass is 16.5. The van der Waals surface area contributed by atoms with Gasteiger partial charge in [0.25, 0.3) is 0 Å². The molecule has 4 heteroatoms. The van der Waals surface area contributed by atoms with Gasteiger partial charge in [-0.15, -0.1) is 0 Å². The minimum atomic E-state index is -0.0522. The van der Waals surface area contributed by atoms with E-state index in [1.54, 1.807) is 0 Å². The van der Waals surface area contributed by atoms with Crippen molar-refractivity contribution in [1.82, 2.24) is 4.90 Å². The summed E-state index contributed by atoms with van der Waals surface area (Å²) in [7, 11) is 0. The molecule has 0 spiro atoms. The Morgan fingerprint density at radius 3 is 2.33 bits per heavy atom. The highest BCUT2D eigenvalue weighted by Gasteiger charge is 2.22. The molecule has 0 bridgehead atoms. The first-order chi connectivity index (χ1) is 14.7. The van der Waals surface area contributed by atoms with E-state index in [9.17, 15) is 4.79 Å². The summed E-state index contributed by atoms with van der Waals surface area (Å²) in [5, 5.41) is 0. The molecule has 0 unspecified atom stereocenters. The van der Waals surface area contributed by atoms with Gasteiger partial charge in [0.1, 0.15) is 11.5 Å². The molecular weight excluding hydrogens is 374 g/mol. The topological polar surface area (TPSA) is 38.8 Å². The molecule has 2 heterocycles. The lowest BCUT2D eigenvalue weighted by Crippen LogP contribution is -2.34. The number of rotatable bonds is 7. The molecule has 2 aromatic rings. The molecule has 1 saturated heterocycles. The summed E-state index contributed by atoms with van der Waals surface area (Å²) in [5.74, 6) is 2.47. The smallest absolute Gasteiger partial charge is 0.305 e. The van der Waals surface area contributed by atoms with Gasteiger partial charge in [0, 0.05) is 24.1 Å². The number of fused-ring (bicyclic) bond motifs is 2. The number of esters is 1. The molecule has 0 saturated carbocycles. The normalized spacial score (nSPS) is 16.4. The number of likely N-dealkylation sites (tertiary alicyclic amines) is 1. The fourth-order valence-corrected chi connectivity index (χ4v) is 4.49. The number of benzene rings is 2. The summed E-state index contributed by atoms with van der Waals surface area (Å²) in [4.78, 5) is 14.1. The number of ether oxygens (including phenoxy) is 2. The zero-order chi connectivity index (χ0) is 20.8. The van der Waals surface area contributed by atoms with Crippen LogP contribution in [-0.4, -0.2) is 37.1 Å². The minimum absolute atomic E-state index is 0.0522. The second-order valence-corrected chi connectivity index (χ2v) is 8.13. The van der Waals surface area contributed by atoms with Gasteiger partial charge in [-0.1, -0.05) is 42.5 Å². The number of hydrogen-bond donors (Lipinski definition) is 0. The van der Waals surface area contributed by atoms with Gasteiger partial charge >= 0.3 is 5.97 Å². The van der Waals surface area contributed by atoms with Crippen LogP contribution in [0.4, 0.5) is 0 Å². The third-order valence-corrected chi connectivity index (χ3v) is 6.14. The molecule has 0 N–H and O–H groups in total. The van der Waals surface area contributed by atoms with Gasteiger partial charge in [0.15, 0.2) is 0 Å². The molecule has 4 nitrogen and oxygen atoms in total. The zero-order valence-electron chi connectivity index (χ0n) is 17.8. The highest BCUT2D eigenvalue weighted by Crippen LogP contribution is 2.43. The zero-order valence-corrected chi connectivity index (χ0v) is 17.8. The molecule has 2 aliphatic heterocycles. The standard InChI is InChI=1S/C26H31NO3/c1-2-29-26(28)14-13-20-15-18-27(19-16-20)17-7-10-21-22-8-3-5-11-24(22)30-25-12-6-4-9-23(21)25/h3-6,8-12,20H,2,7,13-19H2,1H3. The molecule has 158 valence electrons. The summed E-state index contributed by atoms with van der Waals surface area (Å²) < 4.78 is 11.1. The molecule has 0 amide bonds. The van der Waals surface area contributed by atoms with E-state index < -0.39 is 0 Å². The summed E-state index contributed by atoms with van der Waals surface area (Å²) in [6.07, 6.45) is 7.26. The lowest BCUT2D eigenvalue weighted by molar-refractivity contribution is -0.143. The Kier molecular flexibility index (Phi) is 6.85. The molecule has 0 radical (unpaired) electrons. The van der Waals surface area contributed by atoms with Crippen LogP contribution in [-0.2, 0) is 9.53 Å². The number of hydrogen-bond acceptors (Lipinski definition) is 4. The van der Waals surface area contributed by atoms with Gasteiger partial charge in [-0.25, -0.2) is 0 Å². The van der Waals surface area contributed by atoms with Crippen LogP contribution in [0, 0.1) is 5.92 Å². The molecule has 30 heavy (non-hydrogen) atoms. The van der Waals surface area contributed by atoms with Crippen LogP contribution >= 0.6 is 0 Å². The quantitative estimate of drug-likeness (QED) is 0.475. The fraction of sp³-hybridized carbons (Fsp3) is 0.423. The molecular formula is C26H31NO3. The van der Waals surface area contributed by atoms with E-state index in [0.717, 1.165) is 44.0 Å². The second kappa shape index (κ2) is 9.94. The third kappa shape index (κ3) is 4.93. The lowest BCUT2D eigenvalue weighted by Gasteiger charge is -2.31. The Morgan fingerprint density at radius 1 is 1.07 bits per heavy atom. The number of para-hydroxylation sites is 2. The first kappa shape index (κ1) is 20.7. The number of carbonyl (C=O) groups is 1. The molecule has 2 aliphatic rings. The van der Waals surface area contributed by atoms with Crippen molar-refractivity contribution in [3.05, 3.63) is 65.7 Å². The molecule has 1 fully saturated rings. The fourth-order valence-electron chi connectivity index (χ4n) is 4.49. The molecule has 2 aromatic carbocycles. The van der Waals surface area contributed by atoms with E-state index in [1.165, 1.54) is 29.5 Å². The lowest BCUT2D eigenvalue weighted by atomic mass is 9.91. The summed E-state index contributed by atoms with van der Waals surface area (Å²) in [5.41, 5.74) is 3.62. The van der Waals surface area contributed by atoms with Crippen LogP contribution in [0.1, 0.15) is 50.2 Å². The van der Waals surface area contributed by atoms with Gasteiger partial charge in [-0.3, -0.25) is 4.79 Å². The Hall–Kier alpha value is -2.59. The van der Waals surface area contributed by atoms with Crippen molar-refractivity contribution in [2.45, 2.75) is 39.0 Å². The van der Waals surface area contributed by atoms with Gasteiger partial charge < -0.3 is 14.4 Å². The van der Waals surface area contributed by atoms with Crippen molar-refractivity contribution < 1.29 is 14.3 Å². The van der Waals surface area contributed by atoms with Gasteiger partial charge in [-0.2, -0.15) is 0 Å². The SMILES string of the molecule is CCOC(=O)CCC1CCN(CCC=C2c3ccccc3Oc3ccccc32)CC1.